The smallest absolute Gasteiger partial charge is 0.348 e. The Morgan fingerprint density at radius 2 is 2.00 bits per heavy atom. The van der Waals surface area contributed by atoms with Crippen LogP contribution in [0.4, 0.5) is 5.82 Å². The molecule has 0 aromatic carbocycles. The SMILES string of the molecule is CCOC1CCN(c2nc(C)nc3sc(C(=O)OC)c(C)c23)CC1. The highest BCUT2D eigenvalue weighted by Gasteiger charge is 2.26. The highest BCUT2D eigenvalue weighted by atomic mass is 32.1. The van der Waals surface area contributed by atoms with Gasteiger partial charge in [-0.25, -0.2) is 14.8 Å². The average Bonchev–Trinajstić information content (AvgIpc) is 2.91. The van der Waals surface area contributed by atoms with Gasteiger partial charge in [-0.2, -0.15) is 0 Å². The number of carbonyl (C=O) groups excluding carboxylic acids is 1. The van der Waals surface area contributed by atoms with Crippen LogP contribution in [0.2, 0.25) is 0 Å². The zero-order chi connectivity index (χ0) is 17.3. The number of rotatable bonds is 4. The molecular weight excluding hydrogens is 326 g/mol. The quantitative estimate of drug-likeness (QED) is 0.790. The maximum atomic E-state index is 12.0. The van der Waals surface area contributed by atoms with Crippen LogP contribution in [0.5, 0.6) is 0 Å². The number of fused-ring (bicyclic) bond motifs is 1. The van der Waals surface area contributed by atoms with Gasteiger partial charge < -0.3 is 14.4 Å². The molecule has 0 N–H and O–H groups in total. The molecule has 6 nitrogen and oxygen atoms in total. The molecule has 1 aliphatic rings. The zero-order valence-electron chi connectivity index (χ0n) is 14.6. The van der Waals surface area contributed by atoms with Gasteiger partial charge in [-0.05, 0) is 39.2 Å². The van der Waals surface area contributed by atoms with Gasteiger partial charge in [-0.3, -0.25) is 0 Å². The number of aryl methyl sites for hydroxylation is 2. The number of nitrogens with zero attached hydrogens (tertiary/aromatic N) is 3. The Hall–Kier alpha value is -1.73. The molecule has 1 saturated heterocycles. The van der Waals surface area contributed by atoms with Crippen LogP contribution in [0, 0.1) is 13.8 Å². The molecule has 0 saturated carbocycles. The summed E-state index contributed by atoms with van der Waals surface area (Å²) in [6.07, 6.45) is 2.32. The fourth-order valence-corrected chi connectivity index (χ4v) is 4.35. The Kier molecular flexibility index (Phi) is 5.01. The molecule has 0 radical (unpaired) electrons. The number of methoxy groups -OCH3 is 1. The lowest BCUT2D eigenvalue weighted by Gasteiger charge is -2.33. The summed E-state index contributed by atoms with van der Waals surface area (Å²) in [6, 6.07) is 0. The van der Waals surface area contributed by atoms with Crippen molar-refractivity contribution >= 4 is 33.3 Å². The molecule has 2 aromatic heterocycles. The van der Waals surface area contributed by atoms with Crippen molar-refractivity contribution in [2.24, 2.45) is 0 Å². The molecule has 1 fully saturated rings. The number of hydrogen-bond donors (Lipinski definition) is 0. The van der Waals surface area contributed by atoms with Crippen LogP contribution in [0.3, 0.4) is 0 Å². The third kappa shape index (κ3) is 3.10. The molecule has 7 heteroatoms. The van der Waals surface area contributed by atoms with Crippen molar-refractivity contribution in [2.45, 2.75) is 39.7 Å². The van der Waals surface area contributed by atoms with E-state index >= 15 is 0 Å². The van der Waals surface area contributed by atoms with E-state index in [4.69, 9.17) is 9.47 Å². The number of piperidine rings is 1. The minimum absolute atomic E-state index is 0.311. The monoisotopic (exact) mass is 349 g/mol. The molecule has 0 amide bonds. The first-order chi connectivity index (χ1) is 11.5. The molecule has 2 aromatic rings. The van der Waals surface area contributed by atoms with Crippen molar-refractivity contribution in [3.05, 3.63) is 16.3 Å². The average molecular weight is 349 g/mol. The van der Waals surface area contributed by atoms with Gasteiger partial charge in [0.2, 0.25) is 0 Å². The number of thiophene rings is 1. The fraction of sp³-hybridized carbons (Fsp3) is 0.588. The van der Waals surface area contributed by atoms with Gasteiger partial charge in [0.15, 0.2) is 0 Å². The van der Waals surface area contributed by atoms with Gasteiger partial charge in [0.25, 0.3) is 0 Å². The normalized spacial score (nSPS) is 15.9. The molecule has 1 aliphatic heterocycles. The number of hydrogen-bond acceptors (Lipinski definition) is 7. The first-order valence-electron chi connectivity index (χ1n) is 8.27. The van der Waals surface area contributed by atoms with Crippen molar-refractivity contribution in [2.75, 3.05) is 31.7 Å². The Bertz CT molecular complexity index is 751. The number of esters is 1. The topological polar surface area (TPSA) is 64.5 Å². The largest absolute Gasteiger partial charge is 0.465 e. The summed E-state index contributed by atoms with van der Waals surface area (Å²) >= 11 is 1.38. The summed E-state index contributed by atoms with van der Waals surface area (Å²) in [5.41, 5.74) is 0.906. The van der Waals surface area contributed by atoms with Crippen molar-refractivity contribution in [1.82, 2.24) is 9.97 Å². The molecule has 0 atom stereocenters. The second-order valence-electron chi connectivity index (χ2n) is 5.96. The van der Waals surface area contributed by atoms with Crippen LogP contribution in [-0.4, -0.2) is 48.8 Å². The molecule has 0 aliphatic carbocycles. The summed E-state index contributed by atoms with van der Waals surface area (Å²) in [7, 11) is 1.41. The summed E-state index contributed by atoms with van der Waals surface area (Å²) < 4.78 is 10.6. The van der Waals surface area contributed by atoms with Crippen LogP contribution < -0.4 is 4.90 Å². The Morgan fingerprint density at radius 1 is 1.29 bits per heavy atom. The van der Waals surface area contributed by atoms with E-state index in [1.807, 2.05) is 20.8 Å². The van der Waals surface area contributed by atoms with Gasteiger partial charge in [-0.1, -0.05) is 0 Å². The van der Waals surface area contributed by atoms with Crippen molar-refractivity contribution < 1.29 is 14.3 Å². The highest BCUT2D eigenvalue weighted by molar-refractivity contribution is 7.20. The fourth-order valence-electron chi connectivity index (χ4n) is 3.21. The maximum Gasteiger partial charge on any atom is 0.348 e. The lowest BCUT2D eigenvalue weighted by atomic mass is 10.1. The molecule has 0 spiro atoms. The molecule has 130 valence electrons. The second-order valence-corrected chi connectivity index (χ2v) is 6.96. The van der Waals surface area contributed by atoms with Gasteiger partial charge >= 0.3 is 5.97 Å². The molecule has 0 unspecified atom stereocenters. The third-order valence-electron chi connectivity index (χ3n) is 4.40. The van der Waals surface area contributed by atoms with E-state index < -0.39 is 0 Å². The minimum Gasteiger partial charge on any atom is -0.465 e. The predicted octanol–water partition coefficient (Wildman–Crippen LogP) is 3.10. The van der Waals surface area contributed by atoms with E-state index in [-0.39, 0.29) is 5.97 Å². The van der Waals surface area contributed by atoms with Crippen molar-refractivity contribution in [3.63, 3.8) is 0 Å². The number of aromatic nitrogens is 2. The van der Waals surface area contributed by atoms with E-state index in [0.717, 1.165) is 60.0 Å². The van der Waals surface area contributed by atoms with E-state index in [0.29, 0.717) is 11.0 Å². The van der Waals surface area contributed by atoms with Crippen LogP contribution >= 0.6 is 11.3 Å². The van der Waals surface area contributed by atoms with Crippen LogP contribution in [-0.2, 0) is 9.47 Å². The molecule has 24 heavy (non-hydrogen) atoms. The van der Waals surface area contributed by atoms with Gasteiger partial charge in [0.05, 0.1) is 18.6 Å². The minimum atomic E-state index is -0.311. The van der Waals surface area contributed by atoms with Crippen molar-refractivity contribution in [3.8, 4) is 0 Å². The zero-order valence-corrected chi connectivity index (χ0v) is 15.4. The van der Waals surface area contributed by atoms with Gasteiger partial charge in [0.1, 0.15) is 21.3 Å². The predicted molar refractivity (Wildman–Crippen MR) is 95.1 cm³/mol. The molecule has 3 rings (SSSR count). The van der Waals surface area contributed by atoms with Gasteiger partial charge in [0, 0.05) is 19.7 Å². The van der Waals surface area contributed by atoms with Crippen LogP contribution in [0.25, 0.3) is 10.2 Å². The Balaban J connectivity index is 1.99. The Labute approximate surface area is 145 Å². The summed E-state index contributed by atoms with van der Waals surface area (Å²) in [4.78, 5) is 25.0. The lowest BCUT2D eigenvalue weighted by Crippen LogP contribution is -2.37. The van der Waals surface area contributed by atoms with E-state index in [2.05, 4.69) is 14.9 Å². The van der Waals surface area contributed by atoms with Crippen LogP contribution in [0.1, 0.15) is 40.8 Å². The number of anilines is 1. The van der Waals surface area contributed by atoms with Crippen molar-refractivity contribution in [1.29, 1.82) is 0 Å². The maximum absolute atomic E-state index is 12.0. The molecule has 3 heterocycles. The molecular formula is C17H23N3O3S. The number of ether oxygens (including phenoxy) is 2. The second kappa shape index (κ2) is 7.03. The first kappa shape index (κ1) is 17.1. The van der Waals surface area contributed by atoms with Gasteiger partial charge in [-0.15, -0.1) is 11.3 Å². The van der Waals surface area contributed by atoms with Crippen LogP contribution in [0.15, 0.2) is 0 Å². The first-order valence-corrected chi connectivity index (χ1v) is 9.09. The highest BCUT2D eigenvalue weighted by Crippen LogP contribution is 2.36. The number of carbonyl (C=O) groups is 1. The third-order valence-corrected chi connectivity index (χ3v) is 5.56. The summed E-state index contributed by atoms with van der Waals surface area (Å²) in [5, 5.41) is 0.973. The summed E-state index contributed by atoms with van der Waals surface area (Å²) in [5.74, 6) is 1.34. The molecule has 0 bridgehead atoms. The Morgan fingerprint density at radius 3 is 2.62 bits per heavy atom. The van der Waals surface area contributed by atoms with E-state index in [1.165, 1.54) is 18.4 Å². The van der Waals surface area contributed by atoms with E-state index in [1.54, 1.807) is 0 Å². The summed E-state index contributed by atoms with van der Waals surface area (Å²) in [6.45, 7) is 8.43. The lowest BCUT2D eigenvalue weighted by molar-refractivity contribution is 0.0458. The standard InChI is InChI=1S/C17H23N3O3S/c1-5-23-12-6-8-20(9-7-12)15-13-10(2)14(17(21)22-4)24-16(13)19-11(3)18-15/h12H,5-9H2,1-4H3. The van der Waals surface area contributed by atoms with E-state index in [9.17, 15) is 4.79 Å².